The van der Waals surface area contributed by atoms with E-state index in [1.54, 1.807) is 6.07 Å². The maximum atomic E-state index is 12.2. The number of piperidine rings is 1. The van der Waals surface area contributed by atoms with Crippen LogP contribution in [0.1, 0.15) is 24.3 Å². The minimum atomic E-state index is -3.91. The summed E-state index contributed by atoms with van der Waals surface area (Å²) in [4.78, 5) is 10.9. The lowest BCUT2D eigenvalue weighted by Gasteiger charge is -2.30. The molecule has 0 amide bonds. The molecule has 11 heteroatoms. The fourth-order valence-corrected chi connectivity index (χ4v) is 6.00. The lowest BCUT2D eigenvalue weighted by atomic mass is 9.82. The number of phenols is 1. The predicted octanol–water partition coefficient (Wildman–Crippen LogP) is -0.691. The van der Waals surface area contributed by atoms with Crippen LogP contribution in [-0.2, 0) is 25.7 Å². The molecule has 27 heavy (non-hydrogen) atoms. The summed E-state index contributed by atoms with van der Waals surface area (Å²) in [5, 5.41) is 13.7. The van der Waals surface area contributed by atoms with Crippen LogP contribution in [0.5, 0.6) is 5.75 Å². The molecule has 0 radical (unpaired) electrons. The number of phenolic OH excluding ortho intramolecular Hbond substituents is 1. The summed E-state index contributed by atoms with van der Waals surface area (Å²) in [5.74, 6) is -0.459. The van der Waals surface area contributed by atoms with Gasteiger partial charge in [0.05, 0.1) is 24.0 Å². The van der Waals surface area contributed by atoms with Crippen LogP contribution in [0.2, 0.25) is 0 Å². The number of carbonyl (C=O) groups excluding carboxylic acids is 1. The highest BCUT2D eigenvalue weighted by molar-refractivity contribution is 7.91. The van der Waals surface area contributed by atoms with E-state index in [1.165, 1.54) is 12.1 Å². The molecular weight excluding hydrogens is 394 g/mol. The van der Waals surface area contributed by atoms with Crippen molar-refractivity contribution in [1.29, 1.82) is 0 Å². The Labute approximate surface area is 159 Å². The Bertz CT molecular complexity index is 872. The largest absolute Gasteiger partial charge is 0.506 e. The monoisotopic (exact) mass is 417 g/mol. The minimum Gasteiger partial charge on any atom is -0.506 e. The number of nitrogens with zero attached hydrogens (tertiary/aromatic N) is 1. The number of nitrogens with one attached hydrogen (secondary N) is 2. The number of aromatic hydroxyl groups is 1. The third-order valence-electron chi connectivity index (χ3n) is 5.06. The Balaban J connectivity index is 1.91. The Hall–Kier alpha value is -1.69. The van der Waals surface area contributed by atoms with Gasteiger partial charge in [0.2, 0.25) is 0 Å². The highest BCUT2D eigenvalue weighted by Gasteiger charge is 2.37. The van der Waals surface area contributed by atoms with E-state index in [0.717, 1.165) is 23.7 Å². The van der Waals surface area contributed by atoms with Crippen molar-refractivity contribution >= 4 is 32.9 Å². The van der Waals surface area contributed by atoms with Crippen LogP contribution in [0, 0.1) is 5.92 Å². The van der Waals surface area contributed by atoms with Crippen LogP contribution in [-0.4, -0.2) is 59.7 Å². The maximum absolute atomic E-state index is 12.2. The van der Waals surface area contributed by atoms with Gasteiger partial charge in [-0.25, -0.2) is 8.42 Å². The molecule has 0 saturated carbocycles. The van der Waals surface area contributed by atoms with Crippen molar-refractivity contribution in [2.75, 3.05) is 29.7 Å². The van der Waals surface area contributed by atoms with Gasteiger partial charge in [0.1, 0.15) is 22.7 Å². The van der Waals surface area contributed by atoms with Gasteiger partial charge in [-0.1, -0.05) is 6.07 Å². The first-order valence-corrected chi connectivity index (χ1v) is 11.5. The van der Waals surface area contributed by atoms with Gasteiger partial charge in [-0.3, -0.25) is 4.31 Å². The van der Waals surface area contributed by atoms with E-state index in [9.17, 15) is 26.7 Å². The predicted molar refractivity (Wildman–Crippen MR) is 101 cm³/mol. The second kappa shape index (κ2) is 8.13. The normalized spacial score (nSPS) is 26.2. The van der Waals surface area contributed by atoms with E-state index in [1.807, 2.05) is 0 Å². The maximum Gasteiger partial charge on any atom is 0.302 e. The van der Waals surface area contributed by atoms with E-state index in [4.69, 9.17) is 0 Å². The van der Waals surface area contributed by atoms with Gasteiger partial charge in [0, 0.05) is 5.92 Å². The summed E-state index contributed by atoms with van der Waals surface area (Å²) >= 11 is 0. The lowest BCUT2D eigenvalue weighted by molar-refractivity contribution is -0.108. The average molecular weight is 418 g/mol. The molecule has 150 valence electrons. The third-order valence-corrected chi connectivity index (χ3v) is 7.28. The molecule has 1 aromatic rings. The summed E-state index contributed by atoms with van der Waals surface area (Å²) in [6, 6.07) is 3.66. The first kappa shape index (κ1) is 20.1. The number of carbonyl (C=O) groups is 1. The van der Waals surface area contributed by atoms with Crippen LogP contribution in [0.25, 0.3) is 0 Å². The molecule has 2 saturated heterocycles. The molecule has 2 fully saturated rings. The fraction of sp³-hybridized carbons (Fsp3) is 0.562. The molecule has 2 heterocycles. The van der Waals surface area contributed by atoms with Crippen molar-refractivity contribution in [3.05, 3.63) is 23.8 Å². The first-order chi connectivity index (χ1) is 12.8. The Morgan fingerprint density at radius 3 is 2.70 bits per heavy atom. The number of rotatable bonds is 6. The molecule has 3 unspecified atom stereocenters. The number of aldehydes is 1. The Morgan fingerprint density at radius 2 is 2.15 bits per heavy atom. The second-order valence-electron chi connectivity index (χ2n) is 6.87. The van der Waals surface area contributed by atoms with Gasteiger partial charge in [-0.15, -0.1) is 0 Å². The minimum absolute atomic E-state index is 0.0305. The van der Waals surface area contributed by atoms with Gasteiger partial charge in [0.15, 0.2) is 0 Å². The zero-order valence-corrected chi connectivity index (χ0v) is 16.3. The Kier molecular flexibility index (Phi) is 6.04. The molecule has 2 aliphatic heterocycles. The van der Waals surface area contributed by atoms with Crippen molar-refractivity contribution in [2.24, 2.45) is 5.92 Å². The molecule has 3 atom stereocenters. The summed E-state index contributed by atoms with van der Waals surface area (Å²) in [6.07, 6.45) is 2.33. The zero-order chi connectivity index (χ0) is 19.6. The molecular formula is C16H23N3O6S2. The van der Waals surface area contributed by atoms with Crippen molar-refractivity contribution in [3.8, 4) is 5.75 Å². The second-order valence-corrected chi connectivity index (χ2v) is 9.53. The number of hydrogen-bond acceptors (Lipinski definition) is 7. The summed E-state index contributed by atoms with van der Waals surface area (Å²) in [5.41, 5.74) is 0.711. The third kappa shape index (κ3) is 4.42. The zero-order valence-electron chi connectivity index (χ0n) is 14.6. The molecule has 0 aliphatic carbocycles. The van der Waals surface area contributed by atoms with Gasteiger partial charge < -0.3 is 15.2 Å². The van der Waals surface area contributed by atoms with Gasteiger partial charge in [-0.2, -0.15) is 13.1 Å². The number of anilines is 1. The van der Waals surface area contributed by atoms with E-state index in [0.29, 0.717) is 18.4 Å². The van der Waals surface area contributed by atoms with Gasteiger partial charge in [0.25, 0.3) is 0 Å². The standard InChI is InChI=1S/C16H23N3O6S2/c20-9-13-8-19(27(24,25)18-13)15-4-3-11(6-16(15)21)14(10-26(22)23)12-2-1-5-17-7-12/h3-4,6,9,12-14,17-18,21,26H,1-2,5,7-8,10H2. The van der Waals surface area contributed by atoms with E-state index in [-0.39, 0.29) is 35.6 Å². The van der Waals surface area contributed by atoms with Gasteiger partial charge >= 0.3 is 10.2 Å². The lowest BCUT2D eigenvalue weighted by Crippen LogP contribution is -2.34. The molecule has 0 spiro atoms. The van der Waals surface area contributed by atoms with Crippen molar-refractivity contribution < 1.29 is 26.7 Å². The summed E-state index contributed by atoms with van der Waals surface area (Å²) in [7, 11) is -6.51. The SMILES string of the molecule is O=CC1CN(c2ccc(C(C[SH](=O)=O)C3CCCNC3)cc2O)S(=O)(=O)N1. The van der Waals surface area contributed by atoms with Gasteiger partial charge in [-0.05, 0) is 49.5 Å². The highest BCUT2D eigenvalue weighted by Crippen LogP contribution is 2.37. The van der Waals surface area contributed by atoms with E-state index in [2.05, 4.69) is 10.0 Å². The van der Waals surface area contributed by atoms with Crippen molar-refractivity contribution in [3.63, 3.8) is 0 Å². The van der Waals surface area contributed by atoms with Crippen LogP contribution in [0.4, 0.5) is 5.69 Å². The van der Waals surface area contributed by atoms with Crippen LogP contribution >= 0.6 is 0 Å². The van der Waals surface area contributed by atoms with Crippen molar-refractivity contribution in [1.82, 2.24) is 10.0 Å². The molecule has 3 N–H and O–H groups in total. The number of hydrogen-bond donors (Lipinski definition) is 4. The number of benzene rings is 1. The quantitative estimate of drug-likeness (QED) is 0.356. The topological polar surface area (TPSA) is 133 Å². The number of thiol groups is 1. The van der Waals surface area contributed by atoms with E-state index < -0.39 is 27.0 Å². The molecule has 0 bridgehead atoms. The van der Waals surface area contributed by atoms with Crippen LogP contribution in [0.3, 0.4) is 0 Å². The van der Waals surface area contributed by atoms with Crippen molar-refractivity contribution in [2.45, 2.75) is 24.8 Å². The molecule has 3 rings (SSSR count). The molecule has 9 nitrogen and oxygen atoms in total. The fourth-order valence-electron chi connectivity index (χ4n) is 3.76. The first-order valence-electron chi connectivity index (χ1n) is 8.72. The van der Waals surface area contributed by atoms with E-state index >= 15 is 0 Å². The van der Waals surface area contributed by atoms with Crippen LogP contribution < -0.4 is 14.3 Å². The Morgan fingerprint density at radius 1 is 1.37 bits per heavy atom. The van der Waals surface area contributed by atoms with Crippen LogP contribution in [0.15, 0.2) is 18.2 Å². The molecule has 0 aromatic heterocycles. The molecule has 2 aliphatic rings. The average Bonchev–Trinajstić information content (AvgIpc) is 2.94. The smallest absolute Gasteiger partial charge is 0.302 e. The highest BCUT2D eigenvalue weighted by atomic mass is 32.2. The summed E-state index contributed by atoms with van der Waals surface area (Å²) < 4.78 is 50.2. The molecule has 1 aromatic carbocycles. The summed E-state index contributed by atoms with van der Waals surface area (Å²) in [6.45, 7) is 1.48.